The Balaban J connectivity index is 1.56. The normalized spacial score (nSPS) is 23.0. The van der Waals surface area contributed by atoms with E-state index in [1.807, 2.05) is 18.2 Å². The Bertz CT molecular complexity index is 678. The topological polar surface area (TPSA) is 102 Å². The maximum Gasteiger partial charge on any atom is 0.323 e. The SMILES string of the molecule is O=C(CS(=O)(=O)O)OC1Cc2ccc(OCC3CO3)cc2C1. The Morgan fingerprint density at radius 2 is 2.05 bits per heavy atom. The average Bonchev–Trinajstić information content (AvgIpc) is 3.13. The van der Waals surface area contributed by atoms with Crippen LogP contribution < -0.4 is 4.74 Å². The van der Waals surface area contributed by atoms with Crippen LogP contribution in [0.25, 0.3) is 0 Å². The van der Waals surface area contributed by atoms with Crippen molar-refractivity contribution >= 4 is 16.1 Å². The molecule has 1 N–H and O–H groups in total. The van der Waals surface area contributed by atoms with Crippen LogP contribution in [0.5, 0.6) is 5.75 Å². The van der Waals surface area contributed by atoms with Gasteiger partial charge in [0.2, 0.25) is 0 Å². The van der Waals surface area contributed by atoms with Crippen molar-refractivity contribution in [3.05, 3.63) is 29.3 Å². The maximum atomic E-state index is 11.4. The first-order chi connectivity index (χ1) is 10.4. The molecule has 0 amide bonds. The second kappa shape index (κ2) is 5.86. The van der Waals surface area contributed by atoms with Crippen molar-refractivity contribution in [1.82, 2.24) is 0 Å². The number of hydrogen-bond donors (Lipinski definition) is 1. The van der Waals surface area contributed by atoms with Crippen LogP contribution >= 0.6 is 0 Å². The number of hydrogen-bond acceptors (Lipinski definition) is 6. The standard InChI is InChI=1S/C14H16O7S/c15-14(8-22(16,17)18)21-12-3-9-1-2-11(4-10(9)5-12)19-6-13-7-20-13/h1-2,4,12-13H,3,5-8H2,(H,16,17,18). The molecule has 2 unspecified atom stereocenters. The molecule has 3 rings (SSSR count). The zero-order chi connectivity index (χ0) is 15.7. The third-order valence-corrected chi connectivity index (χ3v) is 4.11. The van der Waals surface area contributed by atoms with Gasteiger partial charge in [0, 0.05) is 12.8 Å². The smallest absolute Gasteiger partial charge is 0.323 e. The van der Waals surface area contributed by atoms with E-state index in [1.54, 1.807) is 0 Å². The predicted octanol–water partition coefficient (Wildman–Crippen LogP) is 0.362. The fraction of sp³-hybridized carbons (Fsp3) is 0.500. The fourth-order valence-corrected chi connectivity index (χ4v) is 2.82. The molecular weight excluding hydrogens is 312 g/mol. The molecule has 0 spiro atoms. The Morgan fingerprint density at radius 3 is 2.73 bits per heavy atom. The van der Waals surface area contributed by atoms with Crippen molar-refractivity contribution < 1.29 is 32.0 Å². The van der Waals surface area contributed by atoms with E-state index < -0.39 is 27.9 Å². The largest absolute Gasteiger partial charge is 0.491 e. The van der Waals surface area contributed by atoms with E-state index in [0.29, 0.717) is 19.4 Å². The fourth-order valence-electron chi connectivity index (χ4n) is 2.45. The Morgan fingerprint density at radius 1 is 1.32 bits per heavy atom. The number of rotatable bonds is 6. The van der Waals surface area contributed by atoms with E-state index in [4.69, 9.17) is 18.8 Å². The molecule has 0 aromatic heterocycles. The molecule has 1 aliphatic heterocycles. The van der Waals surface area contributed by atoms with E-state index in [-0.39, 0.29) is 6.10 Å². The molecule has 0 bridgehead atoms. The Hall–Kier alpha value is -1.64. The van der Waals surface area contributed by atoms with Crippen molar-refractivity contribution in [2.45, 2.75) is 25.0 Å². The highest BCUT2D eigenvalue weighted by Gasteiger charge is 2.27. The van der Waals surface area contributed by atoms with Gasteiger partial charge in [0.25, 0.3) is 10.1 Å². The third-order valence-electron chi connectivity index (χ3n) is 3.51. The van der Waals surface area contributed by atoms with Crippen molar-refractivity contribution in [2.75, 3.05) is 19.0 Å². The lowest BCUT2D eigenvalue weighted by atomic mass is 10.1. The monoisotopic (exact) mass is 328 g/mol. The van der Waals surface area contributed by atoms with Gasteiger partial charge < -0.3 is 14.2 Å². The lowest BCUT2D eigenvalue weighted by molar-refractivity contribution is -0.145. The lowest BCUT2D eigenvalue weighted by Crippen LogP contribution is -2.24. The minimum Gasteiger partial charge on any atom is -0.491 e. The predicted molar refractivity (Wildman–Crippen MR) is 75.4 cm³/mol. The molecule has 1 aromatic rings. The zero-order valence-electron chi connectivity index (χ0n) is 11.7. The van der Waals surface area contributed by atoms with Gasteiger partial charge in [-0.05, 0) is 23.3 Å². The van der Waals surface area contributed by atoms with Gasteiger partial charge in [0.1, 0.15) is 24.6 Å². The molecule has 0 radical (unpaired) electrons. The van der Waals surface area contributed by atoms with Gasteiger partial charge in [-0.25, -0.2) is 0 Å². The first-order valence-corrected chi connectivity index (χ1v) is 8.51. The average molecular weight is 328 g/mol. The van der Waals surface area contributed by atoms with Crippen LogP contribution in [0, 0.1) is 0 Å². The zero-order valence-corrected chi connectivity index (χ0v) is 12.5. The first kappa shape index (κ1) is 15.3. The van der Waals surface area contributed by atoms with E-state index in [1.165, 1.54) is 0 Å². The molecule has 8 heteroatoms. The summed E-state index contributed by atoms with van der Waals surface area (Å²) in [5.74, 6) is -1.22. The minimum absolute atomic E-state index is 0.183. The molecule has 1 heterocycles. The van der Waals surface area contributed by atoms with Crippen LogP contribution in [0.4, 0.5) is 0 Å². The van der Waals surface area contributed by atoms with E-state index in [2.05, 4.69) is 0 Å². The number of esters is 1. The molecule has 120 valence electrons. The summed E-state index contributed by atoms with van der Waals surface area (Å²) in [5.41, 5.74) is 2.05. The summed E-state index contributed by atoms with van der Waals surface area (Å²) in [7, 11) is -4.36. The highest BCUT2D eigenvalue weighted by Crippen LogP contribution is 2.28. The molecule has 2 atom stereocenters. The number of carbonyl (C=O) groups is 1. The van der Waals surface area contributed by atoms with Gasteiger partial charge in [-0.2, -0.15) is 8.42 Å². The molecule has 2 aliphatic rings. The molecular formula is C14H16O7S. The molecule has 1 fully saturated rings. The second-order valence-corrected chi connectivity index (χ2v) is 6.90. The van der Waals surface area contributed by atoms with E-state index in [0.717, 1.165) is 23.5 Å². The minimum atomic E-state index is -4.36. The first-order valence-electron chi connectivity index (χ1n) is 6.90. The molecule has 7 nitrogen and oxygen atoms in total. The summed E-state index contributed by atoms with van der Waals surface area (Å²) in [6.07, 6.45) is 0.802. The number of epoxide rings is 1. The summed E-state index contributed by atoms with van der Waals surface area (Å²) < 4.78 is 45.6. The van der Waals surface area contributed by atoms with Crippen LogP contribution in [0.15, 0.2) is 18.2 Å². The van der Waals surface area contributed by atoms with Crippen LogP contribution in [0.2, 0.25) is 0 Å². The molecule has 1 aromatic carbocycles. The summed E-state index contributed by atoms with van der Waals surface area (Å²) in [6, 6.07) is 5.66. The summed E-state index contributed by atoms with van der Waals surface area (Å²) in [4.78, 5) is 11.4. The molecule has 0 saturated carbocycles. The van der Waals surface area contributed by atoms with Crippen LogP contribution in [0.3, 0.4) is 0 Å². The van der Waals surface area contributed by atoms with E-state index in [9.17, 15) is 13.2 Å². The van der Waals surface area contributed by atoms with E-state index >= 15 is 0 Å². The van der Waals surface area contributed by atoms with Gasteiger partial charge in [0.15, 0.2) is 5.75 Å². The summed E-state index contributed by atoms with van der Waals surface area (Å²) in [6.45, 7) is 1.25. The quantitative estimate of drug-likeness (QED) is 0.457. The van der Waals surface area contributed by atoms with Crippen molar-refractivity contribution in [1.29, 1.82) is 0 Å². The van der Waals surface area contributed by atoms with Gasteiger partial charge in [-0.1, -0.05) is 6.07 Å². The van der Waals surface area contributed by atoms with Gasteiger partial charge >= 0.3 is 5.97 Å². The molecule has 1 aliphatic carbocycles. The second-order valence-electron chi connectivity index (χ2n) is 5.44. The van der Waals surface area contributed by atoms with Gasteiger partial charge in [-0.3, -0.25) is 9.35 Å². The van der Waals surface area contributed by atoms with Crippen LogP contribution in [-0.2, 0) is 37.2 Å². The number of ether oxygens (including phenoxy) is 3. The highest BCUT2D eigenvalue weighted by molar-refractivity contribution is 7.86. The number of benzene rings is 1. The Labute approximate surface area is 127 Å². The van der Waals surface area contributed by atoms with Crippen molar-refractivity contribution in [2.24, 2.45) is 0 Å². The summed E-state index contributed by atoms with van der Waals surface area (Å²) >= 11 is 0. The van der Waals surface area contributed by atoms with Gasteiger partial charge in [0.05, 0.1) is 6.61 Å². The third kappa shape index (κ3) is 4.19. The molecule has 1 saturated heterocycles. The maximum absolute atomic E-state index is 11.4. The van der Waals surface area contributed by atoms with Gasteiger partial charge in [-0.15, -0.1) is 0 Å². The number of fused-ring (bicyclic) bond motifs is 1. The van der Waals surface area contributed by atoms with Crippen LogP contribution in [-0.4, -0.2) is 50.1 Å². The number of carbonyl (C=O) groups excluding carboxylic acids is 1. The van der Waals surface area contributed by atoms with Crippen molar-refractivity contribution in [3.8, 4) is 5.75 Å². The summed E-state index contributed by atoms with van der Waals surface area (Å²) in [5, 5.41) is 0. The lowest BCUT2D eigenvalue weighted by Gasteiger charge is -2.10. The highest BCUT2D eigenvalue weighted by atomic mass is 32.2. The van der Waals surface area contributed by atoms with Crippen molar-refractivity contribution in [3.63, 3.8) is 0 Å². The molecule has 22 heavy (non-hydrogen) atoms. The Kier molecular flexibility index (Phi) is 4.07. The van der Waals surface area contributed by atoms with Crippen LogP contribution in [0.1, 0.15) is 11.1 Å².